The molecule has 0 radical (unpaired) electrons. The van der Waals surface area contributed by atoms with Crippen molar-refractivity contribution in [2.24, 2.45) is 0 Å². The summed E-state index contributed by atoms with van der Waals surface area (Å²) in [7, 11) is 0. The first-order valence-electron chi connectivity index (χ1n) is 6.56. The minimum absolute atomic E-state index is 0.180. The van der Waals surface area contributed by atoms with Gasteiger partial charge in [0.15, 0.2) is 0 Å². The molecule has 1 aliphatic heterocycles. The van der Waals surface area contributed by atoms with Crippen LogP contribution in [0.3, 0.4) is 0 Å². The topological polar surface area (TPSA) is 59.1 Å². The van der Waals surface area contributed by atoms with E-state index in [4.69, 9.17) is 0 Å². The van der Waals surface area contributed by atoms with E-state index in [0.717, 1.165) is 10.7 Å². The molecule has 2 amide bonds. The molecule has 1 fully saturated rings. The van der Waals surface area contributed by atoms with Gasteiger partial charge in [0.05, 0.1) is 10.9 Å². The molecule has 2 aromatic rings. The molecule has 2 atom stereocenters. The van der Waals surface area contributed by atoms with Crippen LogP contribution in [0.2, 0.25) is 0 Å². The van der Waals surface area contributed by atoms with Crippen LogP contribution in [0.5, 0.6) is 0 Å². The predicted octanol–water partition coefficient (Wildman–Crippen LogP) is 2.50. The van der Waals surface area contributed by atoms with Gasteiger partial charge in [-0.25, -0.2) is 9.37 Å². The number of benzene rings is 1. The molecule has 0 saturated carbocycles. The molecule has 2 unspecified atom stereocenters. The summed E-state index contributed by atoms with van der Waals surface area (Å²) in [5.41, 5.74) is 1.42. The van der Waals surface area contributed by atoms with Crippen molar-refractivity contribution in [2.75, 3.05) is 0 Å². The summed E-state index contributed by atoms with van der Waals surface area (Å²) in [4.78, 5) is 28.3. The molecule has 1 N–H and O–H groups in total. The molecule has 1 aromatic carbocycles. The smallest absolute Gasteiger partial charge is 0.234 e. The van der Waals surface area contributed by atoms with Crippen LogP contribution in [-0.2, 0) is 9.59 Å². The Morgan fingerprint density at radius 3 is 2.86 bits per heavy atom. The van der Waals surface area contributed by atoms with Gasteiger partial charge in [-0.1, -0.05) is 12.1 Å². The zero-order valence-corrected chi connectivity index (χ0v) is 12.1. The van der Waals surface area contributed by atoms with Crippen LogP contribution in [0.1, 0.15) is 34.5 Å². The molecule has 21 heavy (non-hydrogen) atoms. The highest BCUT2D eigenvalue weighted by Gasteiger charge is 2.39. The molecule has 0 spiro atoms. The van der Waals surface area contributed by atoms with Crippen LogP contribution in [-0.4, -0.2) is 16.8 Å². The number of piperidine rings is 1. The first kappa shape index (κ1) is 13.9. The molecule has 1 aromatic heterocycles. The third kappa shape index (κ3) is 2.71. The minimum Gasteiger partial charge on any atom is -0.296 e. The van der Waals surface area contributed by atoms with E-state index in [2.05, 4.69) is 10.3 Å². The number of halogens is 1. The van der Waals surface area contributed by atoms with Gasteiger partial charge in [-0.15, -0.1) is 11.3 Å². The standard InChI is InChI=1S/C15H13FN2O2S/c1-8-7-21-15(17-8)11-6-12(19)18-14(20)13(11)9-3-2-4-10(16)5-9/h2-5,7,11,13H,6H2,1H3,(H,18,19,20). The number of amides is 2. The highest BCUT2D eigenvalue weighted by atomic mass is 32.1. The van der Waals surface area contributed by atoms with Crippen molar-refractivity contribution < 1.29 is 14.0 Å². The summed E-state index contributed by atoms with van der Waals surface area (Å²) in [6, 6.07) is 5.94. The first-order valence-corrected chi connectivity index (χ1v) is 7.44. The lowest BCUT2D eigenvalue weighted by atomic mass is 9.81. The van der Waals surface area contributed by atoms with E-state index >= 15 is 0 Å². The van der Waals surface area contributed by atoms with Crippen molar-refractivity contribution in [3.8, 4) is 0 Å². The SMILES string of the molecule is Cc1csc(C2CC(=O)NC(=O)C2c2cccc(F)c2)n1. The summed E-state index contributed by atoms with van der Waals surface area (Å²) in [5, 5.41) is 4.95. The molecule has 2 heterocycles. The lowest BCUT2D eigenvalue weighted by Crippen LogP contribution is -2.43. The number of aryl methyl sites for hydroxylation is 1. The molecule has 1 aliphatic rings. The summed E-state index contributed by atoms with van der Waals surface area (Å²) in [5.74, 6) is -2.04. The Kier molecular flexibility index (Phi) is 3.55. The highest BCUT2D eigenvalue weighted by molar-refractivity contribution is 7.09. The number of rotatable bonds is 2. The number of carbonyl (C=O) groups excluding carboxylic acids is 2. The van der Waals surface area contributed by atoms with Gasteiger partial charge < -0.3 is 0 Å². The molecule has 108 valence electrons. The quantitative estimate of drug-likeness (QED) is 0.867. The summed E-state index contributed by atoms with van der Waals surface area (Å²) in [6.45, 7) is 1.86. The first-order chi connectivity index (χ1) is 10.0. The van der Waals surface area contributed by atoms with Crippen LogP contribution in [0, 0.1) is 12.7 Å². The van der Waals surface area contributed by atoms with Gasteiger partial charge in [-0.3, -0.25) is 14.9 Å². The molecule has 0 aliphatic carbocycles. The maximum absolute atomic E-state index is 13.4. The van der Waals surface area contributed by atoms with Gasteiger partial charge in [-0.05, 0) is 24.6 Å². The van der Waals surface area contributed by atoms with Gasteiger partial charge in [-0.2, -0.15) is 0 Å². The van der Waals surface area contributed by atoms with Crippen LogP contribution >= 0.6 is 11.3 Å². The number of aromatic nitrogens is 1. The second kappa shape index (κ2) is 5.37. The molecular weight excluding hydrogens is 291 g/mol. The van der Waals surface area contributed by atoms with E-state index in [1.165, 1.54) is 23.5 Å². The Bertz CT molecular complexity index is 713. The zero-order valence-electron chi connectivity index (χ0n) is 11.3. The van der Waals surface area contributed by atoms with E-state index in [1.54, 1.807) is 12.1 Å². The number of nitrogens with one attached hydrogen (secondary N) is 1. The van der Waals surface area contributed by atoms with Crippen molar-refractivity contribution in [1.82, 2.24) is 10.3 Å². The van der Waals surface area contributed by atoms with E-state index in [1.807, 2.05) is 12.3 Å². The number of imide groups is 1. The molecule has 4 nitrogen and oxygen atoms in total. The fourth-order valence-corrected chi connectivity index (χ4v) is 3.56. The number of hydrogen-bond donors (Lipinski definition) is 1. The largest absolute Gasteiger partial charge is 0.296 e. The van der Waals surface area contributed by atoms with Crippen LogP contribution in [0.4, 0.5) is 4.39 Å². The maximum atomic E-state index is 13.4. The normalized spacial score (nSPS) is 22.2. The molecule has 1 saturated heterocycles. The Morgan fingerprint density at radius 2 is 2.19 bits per heavy atom. The van der Waals surface area contributed by atoms with Gasteiger partial charge in [0.1, 0.15) is 5.82 Å². The number of nitrogens with zero attached hydrogens (tertiary/aromatic N) is 1. The van der Waals surface area contributed by atoms with E-state index in [0.29, 0.717) is 5.56 Å². The van der Waals surface area contributed by atoms with Gasteiger partial charge >= 0.3 is 0 Å². The van der Waals surface area contributed by atoms with Gasteiger partial charge in [0.25, 0.3) is 0 Å². The van der Waals surface area contributed by atoms with Crippen molar-refractivity contribution in [1.29, 1.82) is 0 Å². The minimum atomic E-state index is -0.594. The summed E-state index contributed by atoms with van der Waals surface area (Å²) < 4.78 is 13.4. The second-order valence-electron chi connectivity index (χ2n) is 5.08. The van der Waals surface area contributed by atoms with E-state index < -0.39 is 17.6 Å². The monoisotopic (exact) mass is 304 g/mol. The fraction of sp³-hybridized carbons (Fsp3) is 0.267. The van der Waals surface area contributed by atoms with Crippen molar-refractivity contribution in [3.05, 3.63) is 51.7 Å². The van der Waals surface area contributed by atoms with Gasteiger partial charge in [0.2, 0.25) is 11.8 Å². The van der Waals surface area contributed by atoms with Crippen molar-refractivity contribution in [3.63, 3.8) is 0 Å². The number of hydrogen-bond acceptors (Lipinski definition) is 4. The van der Waals surface area contributed by atoms with E-state index in [9.17, 15) is 14.0 Å². The summed E-state index contributed by atoms with van der Waals surface area (Å²) >= 11 is 1.43. The average Bonchev–Trinajstić information content (AvgIpc) is 2.84. The Hall–Kier alpha value is -2.08. The van der Waals surface area contributed by atoms with Crippen LogP contribution in [0.15, 0.2) is 29.6 Å². The fourth-order valence-electron chi connectivity index (χ4n) is 2.62. The lowest BCUT2D eigenvalue weighted by molar-refractivity contribution is -0.135. The summed E-state index contributed by atoms with van der Waals surface area (Å²) in [6.07, 6.45) is 0.180. The Morgan fingerprint density at radius 1 is 1.38 bits per heavy atom. The predicted molar refractivity (Wildman–Crippen MR) is 76.5 cm³/mol. The van der Waals surface area contributed by atoms with Crippen molar-refractivity contribution >= 4 is 23.2 Å². The van der Waals surface area contributed by atoms with Crippen molar-refractivity contribution in [2.45, 2.75) is 25.2 Å². The van der Waals surface area contributed by atoms with Gasteiger partial charge in [0, 0.05) is 23.4 Å². The molecular formula is C15H13FN2O2S. The zero-order chi connectivity index (χ0) is 15.0. The number of thiazole rings is 1. The maximum Gasteiger partial charge on any atom is 0.234 e. The lowest BCUT2D eigenvalue weighted by Gasteiger charge is -2.29. The second-order valence-corrected chi connectivity index (χ2v) is 5.97. The highest BCUT2D eigenvalue weighted by Crippen LogP contribution is 2.39. The third-order valence-corrected chi connectivity index (χ3v) is 4.61. The van der Waals surface area contributed by atoms with Crippen LogP contribution in [0.25, 0.3) is 0 Å². The molecule has 3 rings (SSSR count). The number of carbonyl (C=O) groups is 2. The average molecular weight is 304 g/mol. The Labute approximate surface area is 125 Å². The van der Waals surface area contributed by atoms with Crippen LogP contribution < -0.4 is 5.32 Å². The third-order valence-electron chi connectivity index (χ3n) is 3.51. The van der Waals surface area contributed by atoms with E-state index in [-0.39, 0.29) is 18.2 Å². The Balaban J connectivity index is 2.04. The molecule has 6 heteroatoms. The molecule has 0 bridgehead atoms.